The van der Waals surface area contributed by atoms with Crippen molar-refractivity contribution in [2.45, 2.75) is 19.9 Å². The summed E-state index contributed by atoms with van der Waals surface area (Å²) in [6.07, 6.45) is 2.91. The summed E-state index contributed by atoms with van der Waals surface area (Å²) in [7, 11) is 0. The molecule has 0 radical (unpaired) electrons. The van der Waals surface area contributed by atoms with Gasteiger partial charge < -0.3 is 10.3 Å². The number of aromatic nitrogens is 2. The van der Waals surface area contributed by atoms with Crippen LogP contribution in [0.15, 0.2) is 65.6 Å². The van der Waals surface area contributed by atoms with Crippen molar-refractivity contribution in [1.29, 1.82) is 0 Å². The molecule has 134 valence electrons. The molecule has 1 aliphatic rings. The molecule has 4 aromatic rings. The van der Waals surface area contributed by atoms with Crippen LogP contribution in [-0.2, 0) is 13.0 Å². The molecule has 1 aliphatic heterocycles. The van der Waals surface area contributed by atoms with Gasteiger partial charge in [-0.3, -0.25) is 9.36 Å². The number of pyridine rings is 1. The van der Waals surface area contributed by atoms with E-state index in [0.29, 0.717) is 0 Å². The maximum Gasteiger partial charge on any atom is 0.255 e. The van der Waals surface area contributed by atoms with Crippen molar-refractivity contribution in [2.24, 2.45) is 0 Å². The topological polar surface area (TPSA) is 49.8 Å². The summed E-state index contributed by atoms with van der Waals surface area (Å²) in [5.41, 5.74) is 7.83. The van der Waals surface area contributed by atoms with Gasteiger partial charge in [0.25, 0.3) is 5.56 Å². The molecule has 0 saturated heterocycles. The molecule has 0 spiro atoms. The van der Waals surface area contributed by atoms with Crippen LogP contribution in [0.25, 0.3) is 27.7 Å². The van der Waals surface area contributed by atoms with Crippen molar-refractivity contribution in [3.05, 3.63) is 88.0 Å². The summed E-state index contributed by atoms with van der Waals surface area (Å²) in [4.78, 5) is 16.3. The average Bonchev–Trinajstić information content (AvgIpc) is 3.06. The normalized spacial score (nSPS) is 13.7. The lowest BCUT2D eigenvalue weighted by molar-refractivity contribution is 0.637. The maximum absolute atomic E-state index is 12.8. The van der Waals surface area contributed by atoms with Crippen LogP contribution in [0.1, 0.15) is 16.8 Å². The van der Waals surface area contributed by atoms with Crippen molar-refractivity contribution in [1.82, 2.24) is 14.9 Å². The van der Waals surface area contributed by atoms with Gasteiger partial charge in [0, 0.05) is 35.4 Å². The number of benzene rings is 2. The number of fused-ring (bicyclic) bond motifs is 3. The molecule has 5 rings (SSSR count). The number of rotatable bonds is 2. The predicted molar refractivity (Wildman–Crippen MR) is 109 cm³/mol. The lowest BCUT2D eigenvalue weighted by atomic mass is 10.0. The van der Waals surface area contributed by atoms with E-state index >= 15 is 0 Å². The summed E-state index contributed by atoms with van der Waals surface area (Å²) in [6, 6.07) is 18.2. The van der Waals surface area contributed by atoms with Crippen molar-refractivity contribution in [3.8, 4) is 16.8 Å². The maximum atomic E-state index is 12.8. The lowest BCUT2D eigenvalue weighted by Gasteiger charge is -2.12. The molecule has 0 unspecified atom stereocenters. The summed E-state index contributed by atoms with van der Waals surface area (Å²) in [5, 5.41) is 4.66. The Morgan fingerprint density at radius 3 is 2.63 bits per heavy atom. The van der Waals surface area contributed by atoms with E-state index in [-0.39, 0.29) is 5.56 Å². The third-order valence-electron chi connectivity index (χ3n) is 5.41. The van der Waals surface area contributed by atoms with Gasteiger partial charge in [-0.25, -0.2) is 0 Å². The molecule has 2 N–H and O–H groups in total. The molecular formula is C23H21N3O. The Hall–Kier alpha value is -3.11. The fraction of sp³-hybridized carbons (Fsp3) is 0.174. The van der Waals surface area contributed by atoms with Crippen LogP contribution in [0.2, 0.25) is 0 Å². The first kappa shape index (κ1) is 16.1. The number of H-pyrrole nitrogens is 1. The predicted octanol–water partition coefficient (Wildman–Crippen LogP) is 3.94. The Balaban J connectivity index is 1.56. The third kappa shape index (κ3) is 2.78. The summed E-state index contributed by atoms with van der Waals surface area (Å²) in [6.45, 7) is 3.96. The quantitative estimate of drug-likeness (QED) is 0.572. The van der Waals surface area contributed by atoms with Crippen LogP contribution in [0, 0.1) is 6.92 Å². The van der Waals surface area contributed by atoms with Crippen molar-refractivity contribution in [2.75, 3.05) is 6.54 Å². The molecule has 27 heavy (non-hydrogen) atoms. The van der Waals surface area contributed by atoms with Crippen LogP contribution in [0.5, 0.6) is 0 Å². The zero-order valence-corrected chi connectivity index (χ0v) is 15.3. The summed E-state index contributed by atoms with van der Waals surface area (Å²) < 4.78 is 1.70. The van der Waals surface area contributed by atoms with Gasteiger partial charge in [0.1, 0.15) is 0 Å². The highest BCUT2D eigenvalue weighted by Crippen LogP contribution is 2.27. The second-order valence-electron chi connectivity index (χ2n) is 7.23. The Morgan fingerprint density at radius 1 is 0.963 bits per heavy atom. The number of aryl methyl sites for hydroxylation is 1. The molecule has 4 nitrogen and oxygen atoms in total. The lowest BCUT2D eigenvalue weighted by Crippen LogP contribution is -2.22. The number of aromatic amines is 1. The van der Waals surface area contributed by atoms with Crippen molar-refractivity contribution >= 4 is 10.9 Å². The Labute approximate surface area is 157 Å². The van der Waals surface area contributed by atoms with Crippen LogP contribution >= 0.6 is 0 Å². The first-order valence-corrected chi connectivity index (χ1v) is 9.33. The van der Waals surface area contributed by atoms with E-state index < -0.39 is 0 Å². The Bertz CT molecular complexity index is 1200. The molecule has 0 saturated carbocycles. The standard InChI is InChI=1S/C23H21N3O/c1-15-2-4-16(5-3-15)17-9-11-26(23(27)12-17)18-6-7-19-20-8-10-24-14-22(20)25-21(19)13-18/h2-7,9,11-13,24-25H,8,10,14H2,1H3. The van der Waals surface area contributed by atoms with E-state index in [2.05, 4.69) is 53.6 Å². The monoisotopic (exact) mass is 355 g/mol. The smallest absolute Gasteiger partial charge is 0.255 e. The molecule has 0 fully saturated rings. The minimum Gasteiger partial charge on any atom is -0.357 e. The average molecular weight is 355 g/mol. The Morgan fingerprint density at radius 2 is 1.81 bits per heavy atom. The molecule has 0 aliphatic carbocycles. The van der Waals surface area contributed by atoms with Gasteiger partial charge in [0.15, 0.2) is 0 Å². The zero-order valence-electron chi connectivity index (χ0n) is 15.3. The molecule has 2 aromatic heterocycles. The molecule has 0 amide bonds. The van der Waals surface area contributed by atoms with Crippen LogP contribution in [0.3, 0.4) is 0 Å². The van der Waals surface area contributed by atoms with Crippen molar-refractivity contribution < 1.29 is 0 Å². The molecule has 3 heterocycles. The van der Waals surface area contributed by atoms with E-state index in [1.165, 1.54) is 22.2 Å². The van der Waals surface area contributed by atoms with E-state index in [4.69, 9.17) is 0 Å². The van der Waals surface area contributed by atoms with Crippen LogP contribution < -0.4 is 10.9 Å². The highest BCUT2D eigenvalue weighted by atomic mass is 16.1. The number of nitrogens with zero attached hydrogens (tertiary/aromatic N) is 1. The van der Waals surface area contributed by atoms with Crippen LogP contribution in [-0.4, -0.2) is 16.1 Å². The molecule has 4 heteroatoms. The first-order chi connectivity index (χ1) is 13.2. The van der Waals surface area contributed by atoms with Gasteiger partial charge in [-0.2, -0.15) is 0 Å². The van der Waals surface area contributed by atoms with Gasteiger partial charge in [-0.15, -0.1) is 0 Å². The second-order valence-corrected chi connectivity index (χ2v) is 7.23. The minimum atomic E-state index is -0.0228. The highest BCUT2D eigenvalue weighted by Gasteiger charge is 2.15. The summed E-state index contributed by atoms with van der Waals surface area (Å²) in [5.74, 6) is 0. The number of hydrogen-bond acceptors (Lipinski definition) is 2. The fourth-order valence-electron chi connectivity index (χ4n) is 3.93. The number of hydrogen-bond donors (Lipinski definition) is 2. The largest absolute Gasteiger partial charge is 0.357 e. The van der Waals surface area contributed by atoms with Gasteiger partial charge in [0.2, 0.25) is 0 Å². The van der Waals surface area contributed by atoms with Gasteiger partial charge in [-0.05, 0) is 54.8 Å². The summed E-state index contributed by atoms with van der Waals surface area (Å²) >= 11 is 0. The van der Waals surface area contributed by atoms with Crippen LogP contribution in [0.4, 0.5) is 0 Å². The first-order valence-electron chi connectivity index (χ1n) is 9.33. The van der Waals surface area contributed by atoms with Gasteiger partial charge in [-0.1, -0.05) is 35.9 Å². The number of nitrogens with one attached hydrogen (secondary N) is 2. The Kier molecular flexibility index (Phi) is 3.73. The third-order valence-corrected chi connectivity index (χ3v) is 5.41. The van der Waals surface area contributed by atoms with Gasteiger partial charge >= 0.3 is 0 Å². The second kappa shape index (κ2) is 6.25. The van der Waals surface area contributed by atoms with E-state index in [1.54, 1.807) is 10.6 Å². The van der Waals surface area contributed by atoms with Gasteiger partial charge in [0.05, 0.1) is 5.69 Å². The fourth-order valence-corrected chi connectivity index (χ4v) is 3.93. The molecular weight excluding hydrogens is 334 g/mol. The molecule has 2 aromatic carbocycles. The van der Waals surface area contributed by atoms with Crippen molar-refractivity contribution in [3.63, 3.8) is 0 Å². The molecule has 0 bridgehead atoms. The van der Waals surface area contributed by atoms with E-state index in [0.717, 1.165) is 41.8 Å². The minimum absolute atomic E-state index is 0.0228. The zero-order chi connectivity index (χ0) is 18.4. The highest BCUT2D eigenvalue weighted by molar-refractivity contribution is 5.86. The molecule has 0 atom stereocenters. The van der Waals surface area contributed by atoms with E-state index in [1.807, 2.05) is 18.3 Å². The SMILES string of the molecule is Cc1ccc(-c2ccn(-c3ccc4c5c([nH]c4c3)CNCC5)c(=O)c2)cc1. The van der Waals surface area contributed by atoms with E-state index in [9.17, 15) is 4.79 Å².